The second kappa shape index (κ2) is 18.3. The summed E-state index contributed by atoms with van der Waals surface area (Å²) in [6.45, 7) is 10.5. The zero-order valence-corrected chi connectivity index (χ0v) is 31.0. The number of carbonyl (C=O) groups excluding carboxylic acids is 2. The molecule has 0 aliphatic carbocycles. The first-order valence-corrected chi connectivity index (χ1v) is 18.2. The lowest BCUT2D eigenvalue weighted by molar-refractivity contribution is -0.0312. The van der Waals surface area contributed by atoms with Crippen molar-refractivity contribution in [2.24, 2.45) is 0 Å². The lowest BCUT2D eigenvalue weighted by atomic mass is 9.92. The third kappa shape index (κ3) is 9.96. The summed E-state index contributed by atoms with van der Waals surface area (Å²) in [6, 6.07) is 20.7. The van der Waals surface area contributed by atoms with E-state index >= 15 is 0 Å². The van der Waals surface area contributed by atoms with E-state index in [0.717, 1.165) is 46.1 Å². The van der Waals surface area contributed by atoms with Crippen LogP contribution in [0.4, 0.5) is 9.59 Å². The summed E-state index contributed by atoms with van der Waals surface area (Å²) >= 11 is 6.39. The molecule has 1 aliphatic heterocycles. The van der Waals surface area contributed by atoms with Crippen LogP contribution in [0.5, 0.6) is 11.5 Å². The maximum atomic E-state index is 13.7. The van der Waals surface area contributed by atoms with Gasteiger partial charge in [-0.2, -0.15) is 0 Å². The number of methoxy groups -OCH3 is 1. The second-order valence-corrected chi connectivity index (χ2v) is 13.4. The number of ether oxygens (including phenoxy) is 5. The fourth-order valence-electron chi connectivity index (χ4n) is 6.33. The third-order valence-corrected chi connectivity index (χ3v) is 9.38. The summed E-state index contributed by atoms with van der Waals surface area (Å²) < 4.78 is 28.8. The SMILES string of the molecule is CCCN(CC(CCOc1ccc(C2c3[nH]c4ccc(Cl)cc4c3CCN2C(=O)Oc2ccc(C)cc2)cc1)OC(C)CC)C(=O)OCCOC. The minimum atomic E-state index is -0.418. The number of benzene rings is 3. The number of hydrogen-bond acceptors (Lipinski definition) is 7. The van der Waals surface area contributed by atoms with Crippen LogP contribution in [0.2, 0.25) is 5.02 Å². The summed E-state index contributed by atoms with van der Waals surface area (Å²) in [6.07, 6.45) is 1.91. The van der Waals surface area contributed by atoms with Crippen LogP contribution in [0.3, 0.4) is 0 Å². The van der Waals surface area contributed by atoms with Gasteiger partial charge in [0.15, 0.2) is 0 Å². The normalized spacial score (nSPS) is 15.3. The van der Waals surface area contributed by atoms with Crippen molar-refractivity contribution in [1.29, 1.82) is 0 Å². The number of halogens is 1. The maximum Gasteiger partial charge on any atom is 0.416 e. The molecule has 5 rings (SSSR count). The van der Waals surface area contributed by atoms with Gasteiger partial charge in [0.05, 0.1) is 32.0 Å². The Hall–Kier alpha value is -4.25. The van der Waals surface area contributed by atoms with E-state index in [1.54, 1.807) is 16.9 Å². The van der Waals surface area contributed by atoms with Crippen molar-refractivity contribution in [2.75, 3.05) is 46.6 Å². The molecular weight excluding hydrogens is 670 g/mol. The molecule has 1 N–H and O–H groups in total. The molecule has 0 fully saturated rings. The predicted octanol–water partition coefficient (Wildman–Crippen LogP) is 8.72. The summed E-state index contributed by atoms with van der Waals surface area (Å²) in [5.74, 6) is 1.19. The number of hydrogen-bond donors (Lipinski definition) is 1. The Bertz CT molecular complexity index is 1730. The molecule has 0 saturated carbocycles. The van der Waals surface area contributed by atoms with Gasteiger partial charge in [-0.05, 0) is 86.7 Å². The first-order valence-electron chi connectivity index (χ1n) is 17.8. The van der Waals surface area contributed by atoms with Crippen molar-refractivity contribution in [3.8, 4) is 11.5 Å². The number of amides is 2. The lowest BCUT2D eigenvalue weighted by Crippen LogP contribution is -2.42. The molecule has 274 valence electrons. The molecule has 3 atom stereocenters. The molecule has 3 unspecified atom stereocenters. The lowest BCUT2D eigenvalue weighted by Gasteiger charge is -2.35. The molecule has 2 heterocycles. The van der Waals surface area contributed by atoms with E-state index in [0.29, 0.717) is 62.2 Å². The van der Waals surface area contributed by atoms with Crippen LogP contribution in [0.25, 0.3) is 10.9 Å². The fraction of sp³-hybridized carbons (Fsp3) is 0.450. The Morgan fingerprint density at radius 2 is 1.75 bits per heavy atom. The van der Waals surface area contributed by atoms with Crippen LogP contribution in [0.15, 0.2) is 66.7 Å². The number of fused-ring (bicyclic) bond motifs is 3. The quantitative estimate of drug-likeness (QED) is 0.116. The molecule has 0 saturated heterocycles. The van der Waals surface area contributed by atoms with E-state index in [9.17, 15) is 9.59 Å². The standard InChI is InChI=1S/C40H50ClN3O7/c1-6-20-43(39(45)49-24-23-47-5)26-33(50-28(4)7-2)19-22-48-31-15-10-29(11-16-31)38-37-34(35-25-30(41)12-17-36(35)42-37)18-21-44(38)40(46)51-32-13-8-27(3)9-14-32/h8-17,25,28,33,38,42H,6-7,18-24,26H2,1-5H3. The van der Waals surface area contributed by atoms with E-state index in [1.807, 2.05) is 87.5 Å². The second-order valence-electron chi connectivity index (χ2n) is 13.0. The molecule has 0 radical (unpaired) electrons. The summed E-state index contributed by atoms with van der Waals surface area (Å²) in [5.41, 5.74) is 5.06. The highest BCUT2D eigenvalue weighted by Crippen LogP contribution is 2.40. The smallest absolute Gasteiger partial charge is 0.416 e. The third-order valence-electron chi connectivity index (χ3n) is 9.14. The average Bonchev–Trinajstić information content (AvgIpc) is 3.50. The van der Waals surface area contributed by atoms with Gasteiger partial charge in [0.2, 0.25) is 0 Å². The van der Waals surface area contributed by atoms with E-state index in [-0.39, 0.29) is 24.9 Å². The van der Waals surface area contributed by atoms with E-state index in [1.165, 1.54) is 0 Å². The number of carbonyl (C=O) groups is 2. The van der Waals surface area contributed by atoms with Gasteiger partial charge in [-0.15, -0.1) is 0 Å². The minimum Gasteiger partial charge on any atom is -0.493 e. The number of nitrogens with one attached hydrogen (secondary N) is 1. The van der Waals surface area contributed by atoms with Crippen LogP contribution in [-0.2, 0) is 20.6 Å². The predicted molar refractivity (Wildman–Crippen MR) is 199 cm³/mol. The van der Waals surface area contributed by atoms with Crippen LogP contribution in [0.1, 0.15) is 68.5 Å². The molecule has 4 aromatic rings. The molecule has 2 amide bonds. The van der Waals surface area contributed by atoms with E-state index < -0.39 is 12.1 Å². The van der Waals surface area contributed by atoms with Crippen LogP contribution in [-0.4, -0.2) is 85.7 Å². The molecule has 51 heavy (non-hydrogen) atoms. The molecule has 3 aromatic carbocycles. The van der Waals surface area contributed by atoms with Gasteiger partial charge in [-0.3, -0.25) is 4.90 Å². The molecule has 11 heteroatoms. The number of aromatic amines is 1. The minimum absolute atomic E-state index is 0.0314. The number of aromatic nitrogens is 1. The zero-order chi connectivity index (χ0) is 36.3. The topological polar surface area (TPSA) is 103 Å². The summed E-state index contributed by atoms with van der Waals surface area (Å²) in [4.78, 5) is 33.5. The first-order chi connectivity index (χ1) is 24.7. The van der Waals surface area contributed by atoms with Gasteiger partial charge in [0.25, 0.3) is 0 Å². The van der Waals surface area contributed by atoms with Crippen molar-refractivity contribution in [1.82, 2.24) is 14.8 Å². The number of nitrogens with zero attached hydrogens (tertiary/aromatic N) is 2. The van der Waals surface area contributed by atoms with Gasteiger partial charge >= 0.3 is 12.2 Å². The molecule has 1 aliphatic rings. The summed E-state index contributed by atoms with van der Waals surface area (Å²) in [5, 5.41) is 1.73. The van der Waals surface area contributed by atoms with Gasteiger partial charge < -0.3 is 33.6 Å². The molecule has 0 spiro atoms. The average molecular weight is 720 g/mol. The van der Waals surface area contributed by atoms with Crippen LogP contribution < -0.4 is 9.47 Å². The highest BCUT2D eigenvalue weighted by Gasteiger charge is 2.36. The largest absolute Gasteiger partial charge is 0.493 e. The van der Waals surface area contributed by atoms with E-state index in [4.69, 9.17) is 35.3 Å². The van der Waals surface area contributed by atoms with Crippen LogP contribution in [0, 0.1) is 6.92 Å². The highest BCUT2D eigenvalue weighted by molar-refractivity contribution is 6.31. The van der Waals surface area contributed by atoms with Crippen molar-refractivity contribution in [2.45, 2.75) is 71.6 Å². The monoisotopic (exact) mass is 719 g/mol. The van der Waals surface area contributed by atoms with Crippen molar-refractivity contribution >= 4 is 34.7 Å². The van der Waals surface area contributed by atoms with Gasteiger partial charge in [0, 0.05) is 48.2 Å². The Balaban J connectivity index is 1.31. The van der Waals surface area contributed by atoms with E-state index in [2.05, 4.69) is 11.9 Å². The zero-order valence-electron chi connectivity index (χ0n) is 30.3. The van der Waals surface area contributed by atoms with Gasteiger partial charge in [-0.25, -0.2) is 9.59 Å². The number of aryl methyl sites for hydroxylation is 1. The molecular formula is C40H50ClN3O7. The maximum absolute atomic E-state index is 13.7. The van der Waals surface area contributed by atoms with Crippen molar-refractivity contribution < 1.29 is 33.3 Å². The number of rotatable bonds is 16. The molecule has 10 nitrogen and oxygen atoms in total. The highest BCUT2D eigenvalue weighted by atomic mass is 35.5. The first kappa shape index (κ1) is 38.0. The molecule has 0 bridgehead atoms. The van der Waals surface area contributed by atoms with Gasteiger partial charge in [0.1, 0.15) is 24.1 Å². The molecule has 1 aromatic heterocycles. The Kier molecular flexibility index (Phi) is 13.6. The van der Waals surface area contributed by atoms with Crippen molar-refractivity contribution in [3.63, 3.8) is 0 Å². The Morgan fingerprint density at radius 3 is 2.45 bits per heavy atom. The Morgan fingerprint density at radius 1 is 1.00 bits per heavy atom. The van der Waals surface area contributed by atoms with Crippen LogP contribution >= 0.6 is 11.6 Å². The van der Waals surface area contributed by atoms with Gasteiger partial charge in [-0.1, -0.05) is 55.3 Å². The Labute approximate surface area is 305 Å². The van der Waals surface area contributed by atoms with Crippen molar-refractivity contribution in [3.05, 3.63) is 94.1 Å². The summed E-state index contributed by atoms with van der Waals surface area (Å²) in [7, 11) is 1.57. The fourth-order valence-corrected chi connectivity index (χ4v) is 6.50. The number of H-pyrrole nitrogens is 1.